The topological polar surface area (TPSA) is 19.4 Å². The van der Waals surface area contributed by atoms with Crippen molar-refractivity contribution in [1.82, 2.24) is 9.88 Å². The number of aromatic nitrogens is 1. The van der Waals surface area contributed by atoms with Gasteiger partial charge in [-0.25, -0.2) is 4.98 Å². The van der Waals surface area contributed by atoms with Gasteiger partial charge in [-0.15, -0.1) is 0 Å². The number of pyridine rings is 1. The van der Waals surface area contributed by atoms with E-state index < -0.39 is 0 Å². The molecule has 0 unspecified atom stereocenters. The van der Waals surface area contributed by atoms with Crippen molar-refractivity contribution in [2.24, 2.45) is 5.92 Å². The summed E-state index contributed by atoms with van der Waals surface area (Å²) in [5, 5.41) is 0. The van der Waals surface area contributed by atoms with Gasteiger partial charge in [0.25, 0.3) is 0 Å². The number of likely N-dealkylation sites (N-methyl/N-ethyl adjacent to an activating group) is 1. The van der Waals surface area contributed by atoms with E-state index in [1.165, 1.54) is 5.56 Å². The average molecular weight is 233 g/mol. The fourth-order valence-corrected chi connectivity index (χ4v) is 2.23. The van der Waals surface area contributed by atoms with Crippen LogP contribution >= 0.6 is 0 Å². The summed E-state index contributed by atoms with van der Waals surface area (Å²) in [6.07, 6.45) is 3.16. The second kappa shape index (κ2) is 5.50. The molecular formula is C14H23N3. The average Bonchev–Trinajstić information content (AvgIpc) is 2.30. The molecule has 0 bridgehead atoms. The van der Waals surface area contributed by atoms with E-state index in [2.05, 4.69) is 47.8 Å². The monoisotopic (exact) mass is 233 g/mol. The molecule has 3 heteroatoms. The molecule has 1 aliphatic rings. The predicted octanol–water partition coefficient (Wildman–Crippen LogP) is 2.03. The summed E-state index contributed by atoms with van der Waals surface area (Å²) in [6.45, 7) is 8.94. The molecule has 0 aliphatic carbocycles. The highest BCUT2D eigenvalue weighted by Crippen LogP contribution is 2.15. The second-order valence-electron chi connectivity index (χ2n) is 5.41. The molecule has 1 fully saturated rings. The van der Waals surface area contributed by atoms with Crippen LogP contribution in [0.15, 0.2) is 18.3 Å². The van der Waals surface area contributed by atoms with E-state index in [9.17, 15) is 0 Å². The minimum atomic E-state index is 0.700. The van der Waals surface area contributed by atoms with Gasteiger partial charge in [-0.3, -0.25) is 0 Å². The molecule has 94 valence electrons. The quantitative estimate of drug-likeness (QED) is 0.796. The van der Waals surface area contributed by atoms with Gasteiger partial charge in [0.15, 0.2) is 0 Å². The van der Waals surface area contributed by atoms with E-state index in [0.29, 0.717) is 5.92 Å². The van der Waals surface area contributed by atoms with E-state index in [1.807, 2.05) is 6.20 Å². The first-order valence-electron chi connectivity index (χ1n) is 6.53. The number of rotatable bonds is 3. The zero-order valence-electron chi connectivity index (χ0n) is 11.2. The van der Waals surface area contributed by atoms with Crippen LogP contribution in [0.25, 0.3) is 0 Å². The number of nitrogens with zero attached hydrogens (tertiary/aromatic N) is 3. The Morgan fingerprint density at radius 3 is 2.41 bits per heavy atom. The summed E-state index contributed by atoms with van der Waals surface area (Å²) < 4.78 is 0. The molecule has 3 nitrogen and oxygen atoms in total. The highest BCUT2D eigenvalue weighted by Gasteiger charge is 2.14. The van der Waals surface area contributed by atoms with E-state index >= 15 is 0 Å². The van der Waals surface area contributed by atoms with Crippen molar-refractivity contribution in [1.29, 1.82) is 0 Å². The minimum absolute atomic E-state index is 0.700. The number of hydrogen-bond acceptors (Lipinski definition) is 3. The Hall–Kier alpha value is -1.09. The lowest BCUT2D eigenvalue weighted by atomic mass is 10.1. The van der Waals surface area contributed by atoms with Gasteiger partial charge >= 0.3 is 0 Å². The molecule has 0 N–H and O–H groups in total. The molecular weight excluding hydrogens is 210 g/mol. The maximum absolute atomic E-state index is 4.59. The largest absolute Gasteiger partial charge is 0.354 e. The van der Waals surface area contributed by atoms with Crippen molar-refractivity contribution < 1.29 is 0 Å². The van der Waals surface area contributed by atoms with Crippen molar-refractivity contribution in [2.45, 2.75) is 20.3 Å². The Kier molecular flexibility index (Phi) is 4.00. The van der Waals surface area contributed by atoms with Crippen LogP contribution in [0, 0.1) is 5.92 Å². The van der Waals surface area contributed by atoms with Crippen LogP contribution in [0.1, 0.15) is 19.4 Å². The molecule has 0 amide bonds. The van der Waals surface area contributed by atoms with Gasteiger partial charge in [0.05, 0.1) is 0 Å². The standard InChI is InChI=1S/C14H23N3/c1-12(2)10-13-4-5-14(15-11-13)17-8-6-16(3)7-9-17/h4-5,11-12H,6-10H2,1-3H3. The van der Waals surface area contributed by atoms with Crippen molar-refractivity contribution in [3.05, 3.63) is 23.9 Å². The maximum Gasteiger partial charge on any atom is 0.128 e. The molecule has 0 atom stereocenters. The zero-order chi connectivity index (χ0) is 12.3. The lowest BCUT2D eigenvalue weighted by Gasteiger charge is -2.33. The van der Waals surface area contributed by atoms with Crippen LogP contribution < -0.4 is 4.90 Å². The van der Waals surface area contributed by atoms with Crippen molar-refractivity contribution in [3.63, 3.8) is 0 Å². The lowest BCUT2D eigenvalue weighted by molar-refractivity contribution is 0.312. The van der Waals surface area contributed by atoms with Crippen molar-refractivity contribution in [2.75, 3.05) is 38.1 Å². The first kappa shape index (κ1) is 12.4. The van der Waals surface area contributed by atoms with Gasteiger partial charge in [0.1, 0.15) is 5.82 Å². The van der Waals surface area contributed by atoms with Gasteiger partial charge < -0.3 is 9.80 Å². The Morgan fingerprint density at radius 1 is 1.18 bits per heavy atom. The third-order valence-electron chi connectivity index (χ3n) is 3.28. The normalized spacial score (nSPS) is 17.8. The Balaban J connectivity index is 1.97. The van der Waals surface area contributed by atoms with Crippen LogP contribution in [0.3, 0.4) is 0 Å². The van der Waals surface area contributed by atoms with Crippen LogP contribution in [0.5, 0.6) is 0 Å². The molecule has 1 aromatic heterocycles. The van der Waals surface area contributed by atoms with Gasteiger partial charge in [0.2, 0.25) is 0 Å². The van der Waals surface area contributed by atoms with E-state index in [1.54, 1.807) is 0 Å². The van der Waals surface area contributed by atoms with Crippen LogP contribution in [-0.4, -0.2) is 43.1 Å². The maximum atomic E-state index is 4.59. The molecule has 0 saturated carbocycles. The van der Waals surface area contributed by atoms with Crippen LogP contribution in [0.2, 0.25) is 0 Å². The van der Waals surface area contributed by atoms with E-state index in [0.717, 1.165) is 38.4 Å². The van der Waals surface area contributed by atoms with E-state index in [4.69, 9.17) is 0 Å². The lowest BCUT2D eigenvalue weighted by Crippen LogP contribution is -2.44. The molecule has 1 aromatic rings. The Bertz CT molecular complexity index is 337. The van der Waals surface area contributed by atoms with Gasteiger partial charge in [-0.2, -0.15) is 0 Å². The zero-order valence-corrected chi connectivity index (χ0v) is 11.2. The SMILES string of the molecule is CC(C)Cc1ccc(N2CCN(C)CC2)nc1. The third-order valence-corrected chi connectivity index (χ3v) is 3.28. The molecule has 1 aliphatic heterocycles. The van der Waals surface area contributed by atoms with Gasteiger partial charge in [-0.1, -0.05) is 19.9 Å². The highest BCUT2D eigenvalue weighted by molar-refractivity contribution is 5.39. The molecule has 1 saturated heterocycles. The summed E-state index contributed by atoms with van der Waals surface area (Å²) in [5.41, 5.74) is 1.35. The van der Waals surface area contributed by atoms with Crippen LogP contribution in [-0.2, 0) is 6.42 Å². The number of hydrogen-bond donors (Lipinski definition) is 0. The summed E-state index contributed by atoms with van der Waals surface area (Å²) in [7, 11) is 2.18. The van der Waals surface area contributed by atoms with Gasteiger partial charge in [-0.05, 0) is 31.0 Å². The summed E-state index contributed by atoms with van der Waals surface area (Å²) in [4.78, 5) is 9.33. The van der Waals surface area contributed by atoms with Crippen molar-refractivity contribution in [3.8, 4) is 0 Å². The third kappa shape index (κ3) is 3.43. The highest BCUT2D eigenvalue weighted by atomic mass is 15.3. The number of piperazine rings is 1. The van der Waals surface area contributed by atoms with Crippen LogP contribution in [0.4, 0.5) is 5.82 Å². The first-order chi connectivity index (χ1) is 8.15. The fourth-order valence-electron chi connectivity index (χ4n) is 2.23. The molecule has 2 rings (SSSR count). The molecule has 0 radical (unpaired) electrons. The van der Waals surface area contributed by atoms with Gasteiger partial charge in [0, 0.05) is 32.4 Å². The number of anilines is 1. The Morgan fingerprint density at radius 2 is 1.88 bits per heavy atom. The summed E-state index contributed by atoms with van der Waals surface area (Å²) >= 11 is 0. The molecule has 2 heterocycles. The van der Waals surface area contributed by atoms with E-state index in [-0.39, 0.29) is 0 Å². The predicted molar refractivity (Wildman–Crippen MR) is 72.5 cm³/mol. The fraction of sp³-hybridized carbons (Fsp3) is 0.643. The molecule has 0 spiro atoms. The smallest absolute Gasteiger partial charge is 0.128 e. The minimum Gasteiger partial charge on any atom is -0.354 e. The van der Waals surface area contributed by atoms with Crippen molar-refractivity contribution >= 4 is 5.82 Å². The molecule has 0 aromatic carbocycles. The first-order valence-corrected chi connectivity index (χ1v) is 6.53. The summed E-state index contributed by atoms with van der Waals surface area (Å²) in [5.74, 6) is 1.83. The summed E-state index contributed by atoms with van der Waals surface area (Å²) in [6, 6.07) is 4.39. The second-order valence-corrected chi connectivity index (χ2v) is 5.41. The Labute approximate surface area is 104 Å². The molecule has 17 heavy (non-hydrogen) atoms.